The molecule has 0 aliphatic carbocycles. The third-order valence-corrected chi connectivity index (χ3v) is 12.5. The number of carboxylic acids is 1. The second kappa shape index (κ2) is 28.1. The number of hydrogen-bond donors (Lipinski definition) is 6. The highest BCUT2D eigenvalue weighted by Crippen LogP contribution is 2.33. The van der Waals surface area contributed by atoms with Gasteiger partial charge in [-0.25, -0.2) is 32.4 Å². The number of thiazole rings is 1. The van der Waals surface area contributed by atoms with Crippen molar-refractivity contribution in [1.29, 1.82) is 0 Å². The number of nitrogens with zero attached hydrogens (tertiary/aromatic N) is 5. The molecule has 4 heterocycles. The van der Waals surface area contributed by atoms with Gasteiger partial charge < -0.3 is 60.7 Å². The van der Waals surface area contributed by atoms with Crippen molar-refractivity contribution in [3.05, 3.63) is 108 Å². The van der Waals surface area contributed by atoms with Crippen molar-refractivity contribution in [1.82, 2.24) is 25.7 Å². The van der Waals surface area contributed by atoms with Crippen molar-refractivity contribution in [2.24, 2.45) is 17.9 Å². The van der Waals surface area contributed by atoms with Crippen LogP contribution in [0.4, 0.5) is 9.93 Å². The molecule has 0 unspecified atom stereocenters. The number of amides is 3. The van der Waals surface area contributed by atoms with Crippen molar-refractivity contribution in [2.75, 3.05) is 32.0 Å². The van der Waals surface area contributed by atoms with E-state index in [4.69, 9.17) is 35.3 Å². The molecule has 1 saturated heterocycles. The summed E-state index contributed by atoms with van der Waals surface area (Å²) < 4.78 is 60.6. The summed E-state index contributed by atoms with van der Waals surface area (Å²) >= 11 is 0.955. The molecule has 5 aromatic rings. The number of rotatable bonds is 24. The Balaban J connectivity index is 0.000000314. The minimum atomic E-state index is -5.26. The Morgan fingerprint density at radius 2 is 1.47 bits per heavy atom. The van der Waals surface area contributed by atoms with Gasteiger partial charge in [-0.2, -0.15) is 9.35 Å². The first-order chi connectivity index (χ1) is 37.9. The number of nitrogen functional groups attached to an aromatic ring is 1. The number of carbonyl (C=O) groups excluding carboxylic acids is 4. The molecule has 25 nitrogen and oxygen atoms in total. The minimum absolute atomic E-state index is 0.0543. The number of anilines is 1. The van der Waals surface area contributed by atoms with E-state index in [1.165, 1.54) is 19.2 Å². The van der Waals surface area contributed by atoms with Gasteiger partial charge in [0.25, 0.3) is 17.9 Å². The van der Waals surface area contributed by atoms with Gasteiger partial charge in [-0.1, -0.05) is 35.5 Å². The molecule has 0 radical (unpaired) electrons. The summed E-state index contributed by atoms with van der Waals surface area (Å²) in [4.78, 5) is 74.8. The van der Waals surface area contributed by atoms with E-state index in [0.29, 0.717) is 29.7 Å². The first-order valence-electron chi connectivity index (χ1n) is 25.4. The number of β-lactam (4-membered cyclic amide) rings is 1. The van der Waals surface area contributed by atoms with Crippen LogP contribution in [0.15, 0.2) is 95.7 Å². The van der Waals surface area contributed by atoms with Crippen molar-refractivity contribution < 1.29 is 79.8 Å². The number of pyridine rings is 2. The van der Waals surface area contributed by atoms with E-state index >= 15 is 0 Å². The van der Waals surface area contributed by atoms with Crippen LogP contribution in [0.1, 0.15) is 85.3 Å². The summed E-state index contributed by atoms with van der Waals surface area (Å²) in [6.07, 6.45) is 3.60. The fourth-order valence-electron chi connectivity index (χ4n) is 7.42. The van der Waals surface area contributed by atoms with Crippen molar-refractivity contribution in [3.63, 3.8) is 0 Å². The van der Waals surface area contributed by atoms with E-state index in [-0.39, 0.29) is 17.4 Å². The maximum Gasteiger partial charge on any atom is 0.407 e. The zero-order valence-electron chi connectivity index (χ0n) is 46.4. The number of nitrogens with two attached hydrogens (primary N) is 2. The SMILES string of the molecule is CC(C)(C)OC(=O)NCCCc1ccc(-c2ccc(OC[C@@H](O)C(=O)OC(C)(C)C)cc2)cn1.C[n+]1cc(-c2ccc(OC[C@H](O/N=C(\C(=O)N[C@@H]3C(=O)N(OS(=O)(=O)[O-])C3(C)C)c3csc(N)n3)C(=O)O)cc2)ccc1CCCN. The summed E-state index contributed by atoms with van der Waals surface area (Å²) in [6.45, 7) is 13.8. The number of aromatic nitrogens is 3. The van der Waals surface area contributed by atoms with Gasteiger partial charge in [-0.3, -0.25) is 14.6 Å². The highest BCUT2D eigenvalue weighted by molar-refractivity contribution is 7.80. The number of carboxylic acid groups (broad SMARTS) is 1. The summed E-state index contributed by atoms with van der Waals surface area (Å²) in [5.74, 6) is -3.35. The monoisotopic (exact) mass is 1160 g/mol. The molecule has 3 amide bonds. The van der Waals surface area contributed by atoms with Gasteiger partial charge in [0.15, 0.2) is 28.8 Å². The van der Waals surface area contributed by atoms with Crippen LogP contribution in [-0.2, 0) is 68.1 Å². The number of benzene rings is 2. The lowest BCUT2D eigenvalue weighted by atomic mass is 9.84. The maximum absolute atomic E-state index is 13.2. The molecule has 438 valence electrons. The van der Waals surface area contributed by atoms with Crippen LogP contribution in [0.2, 0.25) is 0 Å². The molecule has 8 N–H and O–H groups in total. The van der Waals surface area contributed by atoms with Gasteiger partial charge in [-0.15, -0.1) is 11.3 Å². The maximum atomic E-state index is 13.2. The third kappa shape index (κ3) is 20.0. The molecule has 1 fully saturated rings. The Morgan fingerprint density at radius 3 is 1.99 bits per heavy atom. The average Bonchev–Trinajstić information content (AvgIpc) is 3.89. The van der Waals surface area contributed by atoms with E-state index in [1.807, 2.05) is 87.1 Å². The number of carbonyl (C=O) groups is 5. The van der Waals surface area contributed by atoms with Crippen LogP contribution in [-0.4, -0.2) is 135 Å². The number of hydrogen-bond acceptors (Lipinski definition) is 21. The van der Waals surface area contributed by atoms with Gasteiger partial charge in [0.05, 0.1) is 5.54 Å². The summed E-state index contributed by atoms with van der Waals surface area (Å²) in [5.41, 5.74) is 13.9. The van der Waals surface area contributed by atoms with E-state index in [0.717, 1.165) is 70.7 Å². The molecular weight excluding hydrogens is 1090 g/mol. The number of aliphatic hydroxyl groups is 1. The molecule has 3 aromatic heterocycles. The Kier molecular flexibility index (Phi) is 22.2. The standard InChI is InChI=1S/C28H33N7O10S2.C26H36N2O6/c1-28(2)23(25(37)35(28)45-47(40,41)42)32-24(36)22(20-15-46-27(30)31-20)33-44-21(26(38)39)14-43-19-10-7-16(8-11-19)17-6-9-18(5-4-12-29)34(3)13-17;1-25(2,3)33-23(30)22(29)17-32-21-13-10-18(11-14-21)19-9-12-20(28-16-19)8-7-15-27-24(31)34-26(4,5)6/h6-11,13,15,21,23H,4-5,12,14,29H2,1-3H3,(H4-,30,31,32,36,38,39,40,41,42);9-14,16,22,29H,7-8,15,17H2,1-6H3,(H,27,31)/b33-22-;/t21-,23+;22-/m01/s1. The van der Waals surface area contributed by atoms with Gasteiger partial charge >= 0.3 is 18.0 Å². The fraction of sp³-hybridized carbons (Fsp3) is 0.426. The van der Waals surface area contributed by atoms with Gasteiger partial charge in [-0.05, 0) is 129 Å². The van der Waals surface area contributed by atoms with Gasteiger partial charge in [0.1, 0.15) is 54.7 Å². The predicted octanol–water partition coefficient (Wildman–Crippen LogP) is 4.15. The third-order valence-electron chi connectivity index (χ3n) is 11.5. The molecule has 0 spiro atoms. The number of nitrogens with one attached hydrogen (secondary N) is 2. The predicted molar refractivity (Wildman–Crippen MR) is 295 cm³/mol. The van der Waals surface area contributed by atoms with Crippen molar-refractivity contribution >= 4 is 62.4 Å². The number of aliphatic carboxylic acids is 1. The molecule has 0 saturated carbocycles. The Bertz CT molecular complexity index is 3110. The number of ether oxygens (including phenoxy) is 4. The van der Waals surface area contributed by atoms with Crippen LogP contribution in [0.25, 0.3) is 22.3 Å². The molecule has 1 aliphatic rings. The highest BCUT2D eigenvalue weighted by atomic mass is 32.3. The number of alkyl carbamates (subject to hydrolysis) is 1. The average molecular weight is 1160 g/mol. The lowest BCUT2D eigenvalue weighted by molar-refractivity contribution is -0.678. The normalized spacial score (nSPS) is 15.0. The lowest BCUT2D eigenvalue weighted by Crippen LogP contribution is -2.76. The number of oxime groups is 1. The van der Waals surface area contributed by atoms with E-state index in [9.17, 15) is 47.2 Å². The summed E-state index contributed by atoms with van der Waals surface area (Å²) in [5, 5.41) is 30.2. The molecule has 27 heteroatoms. The Labute approximate surface area is 473 Å². The molecular formula is C54H69N9O16S2. The molecule has 81 heavy (non-hydrogen) atoms. The zero-order valence-corrected chi connectivity index (χ0v) is 48.0. The first kappa shape index (κ1) is 64.0. The van der Waals surface area contributed by atoms with Crippen LogP contribution < -0.4 is 36.1 Å². The lowest BCUT2D eigenvalue weighted by Gasteiger charge is -2.51. The highest BCUT2D eigenvalue weighted by Gasteiger charge is 2.57. The van der Waals surface area contributed by atoms with Crippen LogP contribution in [0.3, 0.4) is 0 Å². The zero-order chi connectivity index (χ0) is 59.9. The van der Waals surface area contributed by atoms with E-state index in [2.05, 4.69) is 30.0 Å². The Morgan fingerprint density at radius 1 is 0.877 bits per heavy atom. The molecule has 1 aliphatic heterocycles. The summed E-state index contributed by atoms with van der Waals surface area (Å²) in [6, 6.07) is 20.9. The van der Waals surface area contributed by atoms with E-state index in [1.54, 1.807) is 51.2 Å². The molecule has 2 aromatic carbocycles. The topological polar surface area (TPSA) is 360 Å². The number of aliphatic hydroxyl groups excluding tert-OH is 1. The number of hydroxylamine groups is 2. The largest absolute Gasteiger partial charge is 0.724 e. The second-order valence-electron chi connectivity index (χ2n) is 20.8. The van der Waals surface area contributed by atoms with Crippen LogP contribution in [0, 0.1) is 0 Å². The number of esters is 1. The van der Waals surface area contributed by atoms with Crippen LogP contribution in [0.5, 0.6) is 11.5 Å². The first-order valence-corrected chi connectivity index (χ1v) is 27.6. The molecule has 6 rings (SSSR count). The fourth-order valence-corrected chi connectivity index (χ4v) is 8.42. The quantitative estimate of drug-likeness (QED) is 0.00738. The van der Waals surface area contributed by atoms with Crippen LogP contribution >= 0.6 is 11.3 Å². The second-order valence-corrected chi connectivity index (χ2v) is 22.7. The van der Waals surface area contributed by atoms with E-state index < -0.39 is 87.6 Å². The number of aryl methyl sites for hydroxylation is 3. The minimum Gasteiger partial charge on any atom is -0.724 e. The van der Waals surface area contributed by atoms with Gasteiger partial charge in [0.2, 0.25) is 10.4 Å². The van der Waals surface area contributed by atoms with Gasteiger partial charge in [0, 0.05) is 47.4 Å². The molecule has 3 atom stereocenters. The van der Waals surface area contributed by atoms with Crippen molar-refractivity contribution in [3.8, 4) is 33.8 Å². The Hall–Kier alpha value is -7.82. The van der Waals surface area contributed by atoms with Crippen molar-refractivity contribution in [2.45, 2.75) is 116 Å². The molecule has 0 bridgehead atoms. The summed E-state index contributed by atoms with van der Waals surface area (Å²) in [7, 11) is -3.31. The smallest absolute Gasteiger partial charge is 0.407 e.